The Labute approximate surface area is 144 Å². The Morgan fingerprint density at radius 3 is 2.33 bits per heavy atom. The molecule has 1 amide bonds. The number of para-hydroxylation sites is 1. The van der Waals surface area contributed by atoms with Crippen molar-refractivity contribution >= 4 is 11.6 Å². The predicted molar refractivity (Wildman–Crippen MR) is 99.9 cm³/mol. The van der Waals surface area contributed by atoms with Crippen LogP contribution in [-0.2, 0) is 6.42 Å². The van der Waals surface area contributed by atoms with E-state index in [0.717, 1.165) is 38.2 Å². The molecule has 0 unspecified atom stereocenters. The second-order valence-corrected chi connectivity index (χ2v) is 6.56. The van der Waals surface area contributed by atoms with Crippen molar-refractivity contribution in [3.63, 3.8) is 0 Å². The highest BCUT2D eigenvalue weighted by molar-refractivity contribution is 5.94. The predicted octanol–water partition coefficient (Wildman–Crippen LogP) is 3.83. The minimum atomic E-state index is 0.154. The smallest absolute Gasteiger partial charge is 0.253 e. The molecular weight excluding hydrogens is 296 g/mol. The first-order valence-electron chi connectivity index (χ1n) is 8.79. The molecule has 3 heteroatoms. The van der Waals surface area contributed by atoms with Crippen molar-refractivity contribution in [2.24, 2.45) is 0 Å². The normalized spacial score (nSPS) is 14.8. The van der Waals surface area contributed by atoms with Gasteiger partial charge >= 0.3 is 0 Å². The number of aryl methyl sites for hydroxylation is 3. The highest BCUT2D eigenvalue weighted by Crippen LogP contribution is 2.23. The van der Waals surface area contributed by atoms with Crippen molar-refractivity contribution in [2.45, 2.75) is 27.2 Å². The van der Waals surface area contributed by atoms with E-state index in [-0.39, 0.29) is 5.91 Å². The Morgan fingerprint density at radius 2 is 1.67 bits per heavy atom. The molecule has 126 valence electrons. The van der Waals surface area contributed by atoms with Crippen LogP contribution < -0.4 is 4.90 Å². The van der Waals surface area contributed by atoms with Crippen LogP contribution in [0.4, 0.5) is 5.69 Å². The minimum absolute atomic E-state index is 0.154. The van der Waals surface area contributed by atoms with Gasteiger partial charge in [-0.2, -0.15) is 0 Å². The van der Waals surface area contributed by atoms with Gasteiger partial charge in [0.2, 0.25) is 0 Å². The summed E-state index contributed by atoms with van der Waals surface area (Å²) in [6.07, 6.45) is 1.04. The van der Waals surface area contributed by atoms with E-state index < -0.39 is 0 Å². The average molecular weight is 322 g/mol. The van der Waals surface area contributed by atoms with Gasteiger partial charge in [-0.25, -0.2) is 0 Å². The quantitative estimate of drug-likeness (QED) is 0.857. The fraction of sp³-hybridized carbons (Fsp3) is 0.381. The molecule has 24 heavy (non-hydrogen) atoms. The number of amides is 1. The summed E-state index contributed by atoms with van der Waals surface area (Å²) in [5.74, 6) is 0.154. The molecule has 1 heterocycles. The maximum atomic E-state index is 12.7. The second-order valence-electron chi connectivity index (χ2n) is 6.56. The molecule has 2 aromatic rings. The molecule has 3 nitrogen and oxygen atoms in total. The van der Waals surface area contributed by atoms with Crippen LogP contribution in [-0.4, -0.2) is 37.0 Å². The van der Waals surface area contributed by atoms with Crippen molar-refractivity contribution < 1.29 is 4.79 Å². The van der Waals surface area contributed by atoms with Gasteiger partial charge in [-0.05, 0) is 55.2 Å². The van der Waals surface area contributed by atoms with E-state index in [0.29, 0.717) is 0 Å². The number of benzene rings is 2. The lowest BCUT2D eigenvalue weighted by Gasteiger charge is -2.37. The first-order valence-corrected chi connectivity index (χ1v) is 8.79. The van der Waals surface area contributed by atoms with E-state index in [1.54, 1.807) is 0 Å². The Balaban J connectivity index is 1.68. The molecule has 1 fully saturated rings. The number of hydrogen-bond acceptors (Lipinski definition) is 2. The van der Waals surface area contributed by atoms with Crippen LogP contribution >= 0.6 is 0 Å². The van der Waals surface area contributed by atoms with Gasteiger partial charge in [0.25, 0.3) is 5.91 Å². The molecule has 0 spiro atoms. The number of carbonyl (C=O) groups is 1. The van der Waals surface area contributed by atoms with Crippen molar-refractivity contribution in [2.75, 3.05) is 31.1 Å². The summed E-state index contributed by atoms with van der Waals surface area (Å²) in [6, 6.07) is 14.6. The molecule has 0 aromatic heterocycles. The first-order chi connectivity index (χ1) is 11.6. The molecule has 1 saturated heterocycles. The average Bonchev–Trinajstić information content (AvgIpc) is 2.63. The van der Waals surface area contributed by atoms with Crippen molar-refractivity contribution in [3.05, 3.63) is 64.7 Å². The number of rotatable bonds is 3. The third kappa shape index (κ3) is 3.30. The lowest BCUT2D eigenvalue weighted by Crippen LogP contribution is -2.49. The Kier molecular flexibility index (Phi) is 4.89. The lowest BCUT2D eigenvalue weighted by atomic mass is 10.0. The lowest BCUT2D eigenvalue weighted by molar-refractivity contribution is 0.0746. The fourth-order valence-corrected chi connectivity index (χ4v) is 3.33. The van der Waals surface area contributed by atoms with E-state index in [4.69, 9.17) is 0 Å². The van der Waals surface area contributed by atoms with Crippen LogP contribution in [0.25, 0.3) is 0 Å². The van der Waals surface area contributed by atoms with Gasteiger partial charge in [0.05, 0.1) is 0 Å². The van der Waals surface area contributed by atoms with Gasteiger partial charge < -0.3 is 9.80 Å². The maximum absolute atomic E-state index is 12.7. The number of piperazine rings is 1. The number of nitrogens with zero attached hydrogens (tertiary/aromatic N) is 2. The summed E-state index contributed by atoms with van der Waals surface area (Å²) >= 11 is 0. The first kappa shape index (κ1) is 16.6. The molecular formula is C21H26N2O. The molecule has 0 aliphatic carbocycles. The second kappa shape index (κ2) is 7.08. The van der Waals surface area contributed by atoms with Gasteiger partial charge in [0.15, 0.2) is 0 Å². The fourth-order valence-electron chi connectivity index (χ4n) is 3.33. The molecule has 0 atom stereocenters. The van der Waals surface area contributed by atoms with Gasteiger partial charge in [-0.1, -0.05) is 31.2 Å². The standard InChI is InChI=1S/C21H26N2O/c1-4-18-7-5-6-8-20(18)22-11-13-23(14-12-22)21(24)19-10-9-16(2)17(3)15-19/h5-10,15H,4,11-14H2,1-3H3. The summed E-state index contributed by atoms with van der Waals surface area (Å²) in [4.78, 5) is 17.1. The van der Waals surface area contributed by atoms with Gasteiger partial charge in [0.1, 0.15) is 0 Å². The van der Waals surface area contributed by atoms with E-state index in [2.05, 4.69) is 49.9 Å². The highest BCUT2D eigenvalue weighted by atomic mass is 16.2. The molecule has 0 saturated carbocycles. The van der Waals surface area contributed by atoms with E-state index >= 15 is 0 Å². The van der Waals surface area contributed by atoms with Crippen molar-refractivity contribution in [1.29, 1.82) is 0 Å². The van der Waals surface area contributed by atoms with Crippen LogP contribution in [0.15, 0.2) is 42.5 Å². The topological polar surface area (TPSA) is 23.6 Å². The number of anilines is 1. The number of hydrogen-bond donors (Lipinski definition) is 0. The maximum Gasteiger partial charge on any atom is 0.253 e. The third-order valence-electron chi connectivity index (χ3n) is 5.03. The summed E-state index contributed by atoms with van der Waals surface area (Å²) in [5.41, 5.74) is 5.91. The van der Waals surface area contributed by atoms with Crippen LogP contribution in [0.2, 0.25) is 0 Å². The monoisotopic (exact) mass is 322 g/mol. The van der Waals surface area contributed by atoms with Gasteiger partial charge in [-0.3, -0.25) is 4.79 Å². The number of carbonyl (C=O) groups excluding carboxylic acids is 1. The summed E-state index contributed by atoms with van der Waals surface area (Å²) < 4.78 is 0. The van der Waals surface area contributed by atoms with E-state index in [1.807, 2.05) is 23.1 Å². The molecule has 1 aliphatic heterocycles. The summed E-state index contributed by atoms with van der Waals surface area (Å²) in [5, 5.41) is 0. The summed E-state index contributed by atoms with van der Waals surface area (Å²) in [6.45, 7) is 9.69. The third-order valence-corrected chi connectivity index (χ3v) is 5.03. The molecule has 1 aliphatic rings. The Hall–Kier alpha value is -2.29. The zero-order valence-corrected chi connectivity index (χ0v) is 14.9. The molecule has 0 radical (unpaired) electrons. The van der Waals surface area contributed by atoms with Crippen molar-refractivity contribution in [1.82, 2.24) is 4.90 Å². The van der Waals surface area contributed by atoms with Crippen molar-refractivity contribution in [3.8, 4) is 0 Å². The molecule has 2 aromatic carbocycles. The van der Waals surface area contributed by atoms with E-state index in [1.165, 1.54) is 22.4 Å². The molecule has 0 N–H and O–H groups in total. The molecule has 3 rings (SSSR count). The Bertz CT molecular complexity index is 730. The molecule has 0 bridgehead atoms. The van der Waals surface area contributed by atoms with Crippen LogP contribution in [0.1, 0.15) is 34.0 Å². The highest BCUT2D eigenvalue weighted by Gasteiger charge is 2.23. The van der Waals surface area contributed by atoms with Gasteiger partial charge in [0, 0.05) is 37.4 Å². The Morgan fingerprint density at radius 1 is 0.958 bits per heavy atom. The summed E-state index contributed by atoms with van der Waals surface area (Å²) in [7, 11) is 0. The van der Waals surface area contributed by atoms with E-state index in [9.17, 15) is 4.79 Å². The largest absolute Gasteiger partial charge is 0.368 e. The zero-order chi connectivity index (χ0) is 17.1. The minimum Gasteiger partial charge on any atom is -0.368 e. The van der Waals surface area contributed by atoms with Crippen LogP contribution in [0.5, 0.6) is 0 Å². The zero-order valence-electron chi connectivity index (χ0n) is 14.9. The van der Waals surface area contributed by atoms with Crippen LogP contribution in [0.3, 0.4) is 0 Å². The SMILES string of the molecule is CCc1ccccc1N1CCN(C(=O)c2ccc(C)c(C)c2)CC1. The van der Waals surface area contributed by atoms with Gasteiger partial charge in [-0.15, -0.1) is 0 Å². The van der Waals surface area contributed by atoms with Crippen LogP contribution in [0, 0.1) is 13.8 Å².